The molecule has 1 aliphatic rings. The third kappa shape index (κ3) is 2.23. The van der Waals surface area contributed by atoms with Gasteiger partial charge in [0.1, 0.15) is 0 Å². The Morgan fingerprint density at radius 3 is 2.92 bits per heavy atom. The zero-order chi connectivity index (χ0) is 9.26. The van der Waals surface area contributed by atoms with Gasteiger partial charge in [0.05, 0.1) is 9.98 Å². The van der Waals surface area contributed by atoms with Crippen molar-refractivity contribution in [3.8, 4) is 0 Å². The fraction of sp³-hybridized carbons (Fsp3) is 0.667. The summed E-state index contributed by atoms with van der Waals surface area (Å²) >= 11 is 5.07. The molecule has 0 amide bonds. The normalized spacial score (nSPS) is 19.5. The molecule has 0 radical (unpaired) electrons. The van der Waals surface area contributed by atoms with Crippen molar-refractivity contribution in [2.45, 2.75) is 32.2 Å². The van der Waals surface area contributed by atoms with Gasteiger partial charge in [-0.3, -0.25) is 0 Å². The van der Waals surface area contributed by atoms with E-state index in [0.717, 1.165) is 14.8 Å². The predicted octanol–water partition coefficient (Wildman–Crippen LogP) is 3.51. The lowest BCUT2D eigenvalue weighted by Gasteiger charge is -2.31. The van der Waals surface area contributed by atoms with E-state index in [1.165, 1.54) is 19.3 Å². The lowest BCUT2D eigenvalue weighted by molar-refractivity contribution is 0.285. The minimum atomic E-state index is 0.576. The second-order valence-electron chi connectivity index (χ2n) is 3.59. The van der Waals surface area contributed by atoms with Gasteiger partial charge in [-0.15, -0.1) is 0 Å². The molecule has 1 heterocycles. The SMILES string of the molecule is C[C@H](Nc1ncc(Br)s1)C1CCC1. The van der Waals surface area contributed by atoms with Crippen LogP contribution in [0.4, 0.5) is 5.13 Å². The number of aromatic nitrogens is 1. The lowest BCUT2D eigenvalue weighted by atomic mass is 9.80. The van der Waals surface area contributed by atoms with Gasteiger partial charge in [0.2, 0.25) is 0 Å². The third-order valence-corrected chi connectivity index (χ3v) is 4.09. The fourth-order valence-corrected chi connectivity index (χ4v) is 2.78. The smallest absolute Gasteiger partial charge is 0.183 e. The summed E-state index contributed by atoms with van der Waals surface area (Å²) in [5.41, 5.74) is 0. The maximum absolute atomic E-state index is 4.26. The van der Waals surface area contributed by atoms with Crippen molar-refractivity contribution in [3.63, 3.8) is 0 Å². The van der Waals surface area contributed by atoms with Gasteiger partial charge in [-0.25, -0.2) is 4.98 Å². The molecule has 0 unspecified atom stereocenters. The number of thiazole rings is 1. The largest absolute Gasteiger partial charge is 0.359 e. The summed E-state index contributed by atoms with van der Waals surface area (Å²) in [5, 5.41) is 4.48. The minimum Gasteiger partial charge on any atom is -0.359 e. The van der Waals surface area contributed by atoms with E-state index in [9.17, 15) is 0 Å². The summed E-state index contributed by atoms with van der Waals surface area (Å²) in [5.74, 6) is 0.864. The molecular formula is C9H13BrN2S. The quantitative estimate of drug-likeness (QED) is 0.900. The van der Waals surface area contributed by atoms with E-state index >= 15 is 0 Å². The average molecular weight is 261 g/mol. The molecule has 1 atom stereocenters. The first-order chi connectivity index (χ1) is 6.25. The van der Waals surface area contributed by atoms with E-state index < -0.39 is 0 Å². The predicted molar refractivity (Wildman–Crippen MR) is 60.2 cm³/mol. The summed E-state index contributed by atoms with van der Waals surface area (Å²) in [4.78, 5) is 4.26. The molecule has 2 rings (SSSR count). The monoisotopic (exact) mass is 260 g/mol. The van der Waals surface area contributed by atoms with Crippen LogP contribution >= 0.6 is 27.3 Å². The summed E-state index contributed by atoms with van der Waals surface area (Å²) in [6.45, 7) is 2.25. The van der Waals surface area contributed by atoms with E-state index in [0.29, 0.717) is 6.04 Å². The standard InChI is InChI=1S/C9H13BrN2S/c1-6(7-3-2-4-7)12-9-11-5-8(10)13-9/h5-7H,2-4H2,1H3,(H,11,12)/t6-/m0/s1. The Morgan fingerprint density at radius 2 is 2.46 bits per heavy atom. The lowest BCUT2D eigenvalue weighted by Crippen LogP contribution is -2.30. The van der Waals surface area contributed by atoms with Gasteiger partial charge in [-0.2, -0.15) is 0 Å². The van der Waals surface area contributed by atoms with Crippen molar-refractivity contribution in [3.05, 3.63) is 9.98 Å². The topological polar surface area (TPSA) is 24.9 Å². The van der Waals surface area contributed by atoms with Gasteiger partial charge < -0.3 is 5.32 Å². The highest BCUT2D eigenvalue weighted by Crippen LogP contribution is 2.32. The molecule has 1 aliphatic carbocycles. The molecule has 0 saturated heterocycles. The van der Waals surface area contributed by atoms with E-state index in [-0.39, 0.29) is 0 Å². The molecule has 0 aromatic carbocycles. The van der Waals surface area contributed by atoms with Crippen molar-refractivity contribution >= 4 is 32.4 Å². The van der Waals surface area contributed by atoms with Crippen LogP contribution in [0.25, 0.3) is 0 Å². The van der Waals surface area contributed by atoms with Crippen LogP contribution < -0.4 is 5.32 Å². The highest BCUT2D eigenvalue weighted by Gasteiger charge is 2.24. The van der Waals surface area contributed by atoms with Gasteiger partial charge in [0, 0.05) is 6.04 Å². The third-order valence-electron chi connectivity index (χ3n) is 2.69. The van der Waals surface area contributed by atoms with Crippen LogP contribution in [-0.4, -0.2) is 11.0 Å². The molecule has 13 heavy (non-hydrogen) atoms. The van der Waals surface area contributed by atoms with Crippen molar-refractivity contribution < 1.29 is 0 Å². The molecule has 4 heteroatoms. The molecule has 0 aliphatic heterocycles. The van der Waals surface area contributed by atoms with Gasteiger partial charge >= 0.3 is 0 Å². The van der Waals surface area contributed by atoms with Crippen LogP contribution in [-0.2, 0) is 0 Å². The van der Waals surface area contributed by atoms with Crippen LogP contribution in [0.15, 0.2) is 9.98 Å². The van der Waals surface area contributed by atoms with Crippen molar-refractivity contribution in [1.82, 2.24) is 4.98 Å². The maximum atomic E-state index is 4.26. The number of hydrogen-bond donors (Lipinski definition) is 1. The highest BCUT2D eigenvalue weighted by atomic mass is 79.9. The summed E-state index contributed by atoms with van der Waals surface area (Å²) < 4.78 is 1.09. The van der Waals surface area contributed by atoms with Crippen LogP contribution in [0.2, 0.25) is 0 Å². The highest BCUT2D eigenvalue weighted by molar-refractivity contribution is 9.11. The number of halogens is 1. The van der Waals surface area contributed by atoms with Crippen LogP contribution in [0.5, 0.6) is 0 Å². The first-order valence-corrected chi connectivity index (χ1v) is 6.24. The first kappa shape index (κ1) is 9.46. The number of anilines is 1. The number of rotatable bonds is 3. The molecule has 0 bridgehead atoms. The van der Waals surface area contributed by atoms with Crippen LogP contribution in [0.1, 0.15) is 26.2 Å². The summed E-state index contributed by atoms with van der Waals surface area (Å²) in [7, 11) is 0. The number of nitrogens with one attached hydrogen (secondary N) is 1. The molecule has 72 valence electrons. The molecule has 1 saturated carbocycles. The van der Waals surface area contributed by atoms with E-state index in [1.807, 2.05) is 6.20 Å². The van der Waals surface area contributed by atoms with E-state index in [4.69, 9.17) is 0 Å². The van der Waals surface area contributed by atoms with Gasteiger partial charge in [-0.1, -0.05) is 17.8 Å². The van der Waals surface area contributed by atoms with Crippen molar-refractivity contribution in [2.75, 3.05) is 5.32 Å². The average Bonchev–Trinajstić information content (AvgIpc) is 2.31. The molecule has 1 fully saturated rings. The molecule has 1 aromatic heterocycles. The Labute approximate surface area is 90.9 Å². The summed E-state index contributed by atoms with van der Waals surface area (Å²) in [6, 6.07) is 0.576. The number of hydrogen-bond acceptors (Lipinski definition) is 3. The molecular weight excluding hydrogens is 248 g/mol. The molecule has 1 aromatic rings. The molecule has 0 spiro atoms. The van der Waals surface area contributed by atoms with Gasteiger partial charge in [-0.05, 0) is 41.6 Å². The van der Waals surface area contributed by atoms with Crippen molar-refractivity contribution in [2.24, 2.45) is 5.92 Å². The number of nitrogens with zero attached hydrogens (tertiary/aromatic N) is 1. The Balaban J connectivity index is 1.89. The molecule has 1 N–H and O–H groups in total. The Bertz CT molecular complexity index is 283. The fourth-order valence-electron chi connectivity index (χ4n) is 1.57. The van der Waals surface area contributed by atoms with Gasteiger partial charge in [0.15, 0.2) is 5.13 Å². The Morgan fingerprint density at radius 1 is 1.69 bits per heavy atom. The Hall–Kier alpha value is -0.0900. The second-order valence-corrected chi connectivity index (χ2v) is 6.00. The van der Waals surface area contributed by atoms with E-state index in [1.54, 1.807) is 11.3 Å². The zero-order valence-corrected chi connectivity index (χ0v) is 9.99. The second kappa shape index (κ2) is 3.96. The summed E-state index contributed by atoms with van der Waals surface area (Å²) in [6.07, 6.45) is 6.00. The van der Waals surface area contributed by atoms with Crippen LogP contribution in [0.3, 0.4) is 0 Å². The van der Waals surface area contributed by atoms with Crippen molar-refractivity contribution in [1.29, 1.82) is 0 Å². The molecule has 2 nitrogen and oxygen atoms in total. The minimum absolute atomic E-state index is 0.576. The van der Waals surface area contributed by atoms with Crippen LogP contribution in [0, 0.1) is 5.92 Å². The van der Waals surface area contributed by atoms with Gasteiger partial charge in [0.25, 0.3) is 0 Å². The Kier molecular flexibility index (Phi) is 2.89. The maximum Gasteiger partial charge on any atom is 0.183 e. The van der Waals surface area contributed by atoms with E-state index in [2.05, 4.69) is 33.2 Å². The zero-order valence-electron chi connectivity index (χ0n) is 7.59. The first-order valence-electron chi connectivity index (χ1n) is 4.63.